The van der Waals surface area contributed by atoms with Gasteiger partial charge in [-0.15, -0.1) is 0 Å². The number of nitrogens with one attached hydrogen (secondary N) is 2. The SMILES string of the molecule is CN=C(NCCNC(=O)c1cccc(OC)c1)N1CCN(c2cnn(C)c2)C(=O)C1. The molecule has 2 N–H and O–H groups in total. The van der Waals surface area contributed by atoms with Gasteiger partial charge in [0.1, 0.15) is 12.3 Å². The van der Waals surface area contributed by atoms with Crippen molar-refractivity contribution in [3.8, 4) is 5.75 Å². The molecule has 0 unspecified atom stereocenters. The Bertz CT molecular complexity index is 925. The van der Waals surface area contributed by atoms with Crippen molar-refractivity contribution in [3.63, 3.8) is 0 Å². The first-order valence-electron chi connectivity index (χ1n) is 9.68. The zero-order chi connectivity index (χ0) is 21.5. The summed E-state index contributed by atoms with van der Waals surface area (Å²) in [6, 6.07) is 6.99. The summed E-state index contributed by atoms with van der Waals surface area (Å²) in [4.78, 5) is 32.7. The fraction of sp³-hybridized carbons (Fsp3) is 0.400. The normalized spacial score (nSPS) is 14.6. The molecule has 3 rings (SSSR count). The van der Waals surface area contributed by atoms with Gasteiger partial charge >= 0.3 is 0 Å². The van der Waals surface area contributed by atoms with Gasteiger partial charge in [-0.05, 0) is 18.2 Å². The van der Waals surface area contributed by atoms with Crippen molar-refractivity contribution < 1.29 is 14.3 Å². The topological polar surface area (TPSA) is 104 Å². The monoisotopic (exact) mass is 413 g/mol. The highest BCUT2D eigenvalue weighted by molar-refractivity contribution is 5.98. The van der Waals surface area contributed by atoms with E-state index in [2.05, 4.69) is 20.7 Å². The minimum Gasteiger partial charge on any atom is -0.497 e. The molecule has 2 amide bonds. The number of methoxy groups -OCH3 is 1. The molecule has 1 aliphatic rings. The minimum absolute atomic E-state index is 0.0106. The van der Waals surface area contributed by atoms with Gasteiger partial charge in [-0.1, -0.05) is 6.07 Å². The number of carbonyl (C=O) groups excluding carboxylic acids is 2. The maximum Gasteiger partial charge on any atom is 0.251 e. The second-order valence-electron chi connectivity index (χ2n) is 6.80. The van der Waals surface area contributed by atoms with Gasteiger partial charge in [-0.25, -0.2) is 0 Å². The first kappa shape index (κ1) is 21.2. The van der Waals surface area contributed by atoms with Gasteiger partial charge in [0.15, 0.2) is 5.96 Å². The molecule has 0 spiro atoms. The highest BCUT2D eigenvalue weighted by atomic mass is 16.5. The van der Waals surface area contributed by atoms with Crippen molar-refractivity contribution in [2.24, 2.45) is 12.0 Å². The summed E-state index contributed by atoms with van der Waals surface area (Å²) in [5, 5.41) is 10.2. The molecule has 0 bridgehead atoms. The quantitative estimate of drug-likeness (QED) is 0.395. The highest BCUT2D eigenvalue weighted by Crippen LogP contribution is 2.16. The summed E-state index contributed by atoms with van der Waals surface area (Å²) in [6.45, 7) is 2.33. The van der Waals surface area contributed by atoms with E-state index in [1.165, 1.54) is 0 Å². The molecule has 10 heteroatoms. The van der Waals surface area contributed by atoms with Gasteiger partial charge in [0, 0.05) is 52.0 Å². The smallest absolute Gasteiger partial charge is 0.251 e. The van der Waals surface area contributed by atoms with Crippen molar-refractivity contribution in [1.82, 2.24) is 25.3 Å². The van der Waals surface area contributed by atoms with E-state index < -0.39 is 0 Å². The van der Waals surface area contributed by atoms with Crippen LogP contribution in [-0.4, -0.2) is 79.3 Å². The Labute approximate surface area is 175 Å². The summed E-state index contributed by atoms with van der Waals surface area (Å²) in [5.41, 5.74) is 1.33. The maximum atomic E-state index is 12.6. The number of nitrogens with zero attached hydrogens (tertiary/aromatic N) is 5. The Morgan fingerprint density at radius 2 is 2.07 bits per heavy atom. The third-order valence-electron chi connectivity index (χ3n) is 4.76. The fourth-order valence-corrected chi connectivity index (χ4v) is 3.22. The van der Waals surface area contributed by atoms with E-state index in [1.54, 1.807) is 54.2 Å². The van der Waals surface area contributed by atoms with Crippen LogP contribution in [-0.2, 0) is 11.8 Å². The molecule has 30 heavy (non-hydrogen) atoms. The van der Waals surface area contributed by atoms with E-state index in [-0.39, 0.29) is 18.4 Å². The van der Waals surface area contributed by atoms with E-state index in [4.69, 9.17) is 4.74 Å². The molecule has 1 aromatic heterocycles. The van der Waals surface area contributed by atoms with Gasteiger partial charge in [-0.2, -0.15) is 5.10 Å². The Balaban J connectivity index is 1.46. The number of aliphatic imine (C=N–C) groups is 1. The van der Waals surface area contributed by atoms with Crippen LogP contribution in [0, 0.1) is 0 Å². The van der Waals surface area contributed by atoms with Crippen molar-refractivity contribution in [2.45, 2.75) is 0 Å². The van der Waals surface area contributed by atoms with Crippen LogP contribution in [0.1, 0.15) is 10.4 Å². The Morgan fingerprint density at radius 3 is 2.73 bits per heavy atom. The average Bonchev–Trinajstić information content (AvgIpc) is 3.19. The van der Waals surface area contributed by atoms with E-state index in [1.807, 2.05) is 18.1 Å². The number of piperazine rings is 1. The third kappa shape index (κ3) is 5.07. The highest BCUT2D eigenvalue weighted by Gasteiger charge is 2.27. The Hall–Kier alpha value is -3.56. The van der Waals surface area contributed by atoms with Gasteiger partial charge < -0.3 is 25.2 Å². The number of rotatable bonds is 6. The molecular formula is C20H27N7O3. The lowest BCUT2D eigenvalue weighted by molar-refractivity contribution is -0.120. The standard InChI is InChI=1S/C20H27N7O3/c1-21-20(23-8-7-22-19(29)15-5-4-6-17(11-15)30-3)26-9-10-27(18(28)14-26)16-12-24-25(2)13-16/h4-6,11-13H,7-10,14H2,1-3H3,(H,21,23)(H,22,29). The Kier molecular flexibility index (Phi) is 6.89. The molecule has 0 saturated carbocycles. The zero-order valence-electron chi connectivity index (χ0n) is 17.5. The number of carbonyl (C=O) groups is 2. The third-order valence-corrected chi connectivity index (χ3v) is 4.76. The van der Waals surface area contributed by atoms with Crippen molar-refractivity contribution in [1.29, 1.82) is 0 Å². The number of hydrogen-bond donors (Lipinski definition) is 2. The molecule has 1 aliphatic heterocycles. The molecule has 1 aromatic carbocycles. The fourth-order valence-electron chi connectivity index (χ4n) is 3.22. The van der Waals surface area contributed by atoms with E-state index in [0.717, 1.165) is 5.69 Å². The number of aryl methyl sites for hydroxylation is 1. The lowest BCUT2D eigenvalue weighted by Crippen LogP contribution is -2.55. The van der Waals surface area contributed by atoms with Crippen molar-refractivity contribution >= 4 is 23.5 Å². The first-order valence-corrected chi connectivity index (χ1v) is 9.68. The molecule has 0 atom stereocenters. The summed E-state index contributed by atoms with van der Waals surface area (Å²) < 4.78 is 6.82. The molecule has 10 nitrogen and oxygen atoms in total. The second-order valence-corrected chi connectivity index (χ2v) is 6.80. The van der Waals surface area contributed by atoms with E-state index in [9.17, 15) is 9.59 Å². The second kappa shape index (κ2) is 9.77. The van der Waals surface area contributed by atoms with Crippen LogP contribution in [0.25, 0.3) is 0 Å². The number of anilines is 1. The number of hydrogen-bond acceptors (Lipinski definition) is 5. The van der Waals surface area contributed by atoms with Gasteiger partial charge in [-0.3, -0.25) is 19.3 Å². The predicted molar refractivity (Wildman–Crippen MR) is 114 cm³/mol. The van der Waals surface area contributed by atoms with E-state index in [0.29, 0.717) is 43.5 Å². The van der Waals surface area contributed by atoms with Gasteiger partial charge in [0.25, 0.3) is 5.91 Å². The molecule has 2 aromatic rings. The van der Waals surface area contributed by atoms with Crippen molar-refractivity contribution in [2.75, 3.05) is 51.8 Å². The molecule has 2 heterocycles. The molecule has 160 valence electrons. The zero-order valence-corrected chi connectivity index (χ0v) is 17.5. The lowest BCUT2D eigenvalue weighted by Gasteiger charge is -2.35. The number of benzene rings is 1. The van der Waals surface area contributed by atoms with Crippen LogP contribution < -0.4 is 20.3 Å². The molecule has 0 radical (unpaired) electrons. The van der Waals surface area contributed by atoms with Crippen LogP contribution in [0.4, 0.5) is 5.69 Å². The molecule has 0 aliphatic carbocycles. The van der Waals surface area contributed by atoms with Crippen molar-refractivity contribution in [3.05, 3.63) is 42.2 Å². The number of amides is 2. The first-order chi connectivity index (χ1) is 14.5. The molecular weight excluding hydrogens is 386 g/mol. The number of ether oxygens (including phenoxy) is 1. The van der Waals surface area contributed by atoms with Gasteiger partial charge in [0.2, 0.25) is 5.91 Å². The van der Waals surface area contributed by atoms with Crippen LogP contribution in [0.15, 0.2) is 41.7 Å². The van der Waals surface area contributed by atoms with Crippen LogP contribution >= 0.6 is 0 Å². The van der Waals surface area contributed by atoms with Gasteiger partial charge in [0.05, 0.1) is 19.0 Å². The largest absolute Gasteiger partial charge is 0.497 e. The molecule has 1 saturated heterocycles. The predicted octanol–water partition coefficient (Wildman–Crippen LogP) is 0.0827. The summed E-state index contributed by atoms with van der Waals surface area (Å²) in [6.07, 6.45) is 3.51. The number of guanidine groups is 1. The Morgan fingerprint density at radius 1 is 1.27 bits per heavy atom. The average molecular weight is 413 g/mol. The summed E-state index contributed by atoms with van der Waals surface area (Å²) in [7, 11) is 5.06. The summed E-state index contributed by atoms with van der Waals surface area (Å²) >= 11 is 0. The maximum absolute atomic E-state index is 12.6. The minimum atomic E-state index is -0.175. The van der Waals surface area contributed by atoms with Crippen LogP contribution in [0.3, 0.4) is 0 Å². The lowest BCUT2D eigenvalue weighted by atomic mass is 10.2. The summed E-state index contributed by atoms with van der Waals surface area (Å²) in [5.74, 6) is 1.08. The number of aromatic nitrogens is 2. The molecule has 1 fully saturated rings. The van der Waals surface area contributed by atoms with E-state index >= 15 is 0 Å². The van der Waals surface area contributed by atoms with Crippen LogP contribution in [0.2, 0.25) is 0 Å². The van der Waals surface area contributed by atoms with Crippen LogP contribution in [0.5, 0.6) is 5.75 Å².